The summed E-state index contributed by atoms with van der Waals surface area (Å²) in [5.74, 6) is 0. The van der Waals surface area contributed by atoms with Gasteiger partial charge >= 0.3 is 0 Å². The van der Waals surface area contributed by atoms with Crippen LogP contribution in [-0.4, -0.2) is 4.92 Å². The van der Waals surface area contributed by atoms with Gasteiger partial charge in [-0.05, 0) is 44.6 Å². The van der Waals surface area contributed by atoms with Crippen molar-refractivity contribution in [2.24, 2.45) is 0 Å². The molecular formula is C6H2BrClINO2. The van der Waals surface area contributed by atoms with Crippen molar-refractivity contribution in [2.45, 2.75) is 0 Å². The van der Waals surface area contributed by atoms with Gasteiger partial charge in [0.15, 0.2) is 0 Å². The fourth-order valence-corrected chi connectivity index (χ4v) is 2.00. The molecule has 0 atom stereocenters. The van der Waals surface area contributed by atoms with Gasteiger partial charge in [0.1, 0.15) is 0 Å². The van der Waals surface area contributed by atoms with Crippen LogP contribution >= 0.6 is 50.1 Å². The molecule has 12 heavy (non-hydrogen) atoms. The van der Waals surface area contributed by atoms with Gasteiger partial charge in [-0.3, -0.25) is 10.1 Å². The smallest absolute Gasteiger partial charge is 0.258 e. The Bertz CT molecular complexity index is 345. The number of halogens is 3. The molecule has 0 radical (unpaired) electrons. The molecule has 0 aliphatic heterocycles. The van der Waals surface area contributed by atoms with Crippen molar-refractivity contribution in [3.8, 4) is 0 Å². The number of nitro benzene ring substituents is 1. The monoisotopic (exact) mass is 361 g/mol. The zero-order chi connectivity index (χ0) is 9.30. The number of rotatable bonds is 1. The van der Waals surface area contributed by atoms with Gasteiger partial charge in [0.25, 0.3) is 5.69 Å². The van der Waals surface area contributed by atoms with Crippen molar-refractivity contribution >= 4 is 55.8 Å². The van der Waals surface area contributed by atoms with E-state index in [1.165, 1.54) is 6.07 Å². The Morgan fingerprint density at radius 2 is 2.17 bits per heavy atom. The van der Waals surface area contributed by atoms with Gasteiger partial charge in [0.05, 0.1) is 13.5 Å². The van der Waals surface area contributed by atoms with Gasteiger partial charge < -0.3 is 0 Å². The number of benzene rings is 1. The van der Waals surface area contributed by atoms with Crippen molar-refractivity contribution in [1.82, 2.24) is 0 Å². The lowest BCUT2D eigenvalue weighted by atomic mass is 10.3. The van der Waals surface area contributed by atoms with Crippen LogP contribution in [0.1, 0.15) is 0 Å². The minimum absolute atomic E-state index is 0.0619. The van der Waals surface area contributed by atoms with Gasteiger partial charge in [0.2, 0.25) is 0 Å². The Kier molecular flexibility index (Phi) is 3.30. The molecule has 64 valence electrons. The SMILES string of the molecule is O=[N+]([O-])c1cc(Br)c(Cl)cc1I. The molecule has 0 aliphatic rings. The van der Waals surface area contributed by atoms with Crippen LogP contribution in [0.25, 0.3) is 0 Å². The predicted octanol–water partition coefficient (Wildman–Crippen LogP) is 3.62. The molecule has 0 unspecified atom stereocenters. The van der Waals surface area contributed by atoms with Crippen LogP contribution in [-0.2, 0) is 0 Å². The van der Waals surface area contributed by atoms with E-state index < -0.39 is 4.92 Å². The molecule has 0 fully saturated rings. The Morgan fingerprint density at radius 1 is 1.58 bits per heavy atom. The fourth-order valence-electron chi connectivity index (χ4n) is 0.652. The first-order chi connectivity index (χ1) is 5.52. The third-order valence-electron chi connectivity index (χ3n) is 1.19. The first-order valence-corrected chi connectivity index (χ1v) is 5.06. The van der Waals surface area contributed by atoms with Crippen LogP contribution in [0.4, 0.5) is 5.69 Å². The summed E-state index contributed by atoms with van der Waals surface area (Å²) < 4.78 is 1.07. The molecule has 0 saturated carbocycles. The van der Waals surface area contributed by atoms with E-state index in [1.807, 2.05) is 22.6 Å². The molecule has 0 bridgehead atoms. The lowest BCUT2D eigenvalue weighted by molar-refractivity contribution is -0.385. The second-order valence-electron chi connectivity index (χ2n) is 1.97. The minimum Gasteiger partial charge on any atom is -0.258 e. The van der Waals surface area contributed by atoms with E-state index in [0.717, 1.165) is 0 Å². The standard InChI is InChI=1S/C6H2BrClINO2/c7-3-1-6(10(11)12)5(9)2-4(3)8/h1-2H. The summed E-state index contributed by atoms with van der Waals surface area (Å²) >= 11 is 10.7. The highest BCUT2D eigenvalue weighted by Gasteiger charge is 2.13. The molecule has 1 aromatic rings. The Hall–Kier alpha value is 0.120. The van der Waals surface area contributed by atoms with E-state index >= 15 is 0 Å². The second kappa shape index (κ2) is 3.89. The normalized spacial score (nSPS) is 9.92. The summed E-state index contributed by atoms with van der Waals surface area (Å²) in [4.78, 5) is 9.98. The maximum atomic E-state index is 10.4. The number of hydrogen-bond acceptors (Lipinski definition) is 2. The van der Waals surface area contributed by atoms with Crippen LogP contribution in [0.15, 0.2) is 16.6 Å². The van der Waals surface area contributed by atoms with Crippen LogP contribution in [0, 0.1) is 13.7 Å². The predicted molar refractivity (Wildman–Crippen MR) is 58.5 cm³/mol. The van der Waals surface area contributed by atoms with Gasteiger partial charge in [-0.2, -0.15) is 0 Å². The topological polar surface area (TPSA) is 43.1 Å². The molecule has 0 heterocycles. The fraction of sp³-hybridized carbons (Fsp3) is 0. The summed E-state index contributed by atoms with van der Waals surface area (Å²) in [7, 11) is 0. The number of hydrogen-bond donors (Lipinski definition) is 0. The van der Waals surface area contributed by atoms with E-state index in [1.54, 1.807) is 6.07 Å². The van der Waals surface area contributed by atoms with E-state index in [9.17, 15) is 10.1 Å². The number of nitro groups is 1. The van der Waals surface area contributed by atoms with Gasteiger partial charge in [-0.25, -0.2) is 0 Å². The second-order valence-corrected chi connectivity index (χ2v) is 4.40. The average Bonchev–Trinajstić information content (AvgIpc) is 1.96. The highest BCUT2D eigenvalue weighted by Crippen LogP contribution is 2.31. The Labute approximate surface area is 95.5 Å². The molecule has 0 N–H and O–H groups in total. The lowest BCUT2D eigenvalue weighted by Gasteiger charge is -1.98. The molecule has 0 saturated heterocycles. The van der Waals surface area contributed by atoms with E-state index in [4.69, 9.17) is 11.6 Å². The van der Waals surface area contributed by atoms with Crippen molar-refractivity contribution in [1.29, 1.82) is 0 Å². The molecule has 0 spiro atoms. The Balaban J connectivity index is 3.33. The molecule has 1 aromatic carbocycles. The highest BCUT2D eigenvalue weighted by atomic mass is 127. The van der Waals surface area contributed by atoms with Gasteiger partial charge in [-0.1, -0.05) is 11.6 Å². The molecule has 0 aliphatic carbocycles. The third kappa shape index (κ3) is 2.08. The largest absolute Gasteiger partial charge is 0.283 e. The lowest BCUT2D eigenvalue weighted by Crippen LogP contribution is -1.91. The highest BCUT2D eigenvalue weighted by molar-refractivity contribution is 14.1. The molecule has 1 rings (SSSR count). The average molecular weight is 362 g/mol. The van der Waals surface area contributed by atoms with Crippen LogP contribution in [0.3, 0.4) is 0 Å². The summed E-state index contributed by atoms with van der Waals surface area (Å²) in [6.45, 7) is 0. The quantitative estimate of drug-likeness (QED) is 0.331. The van der Waals surface area contributed by atoms with Crippen LogP contribution in [0.2, 0.25) is 5.02 Å². The maximum absolute atomic E-state index is 10.4. The number of nitrogens with zero attached hydrogens (tertiary/aromatic N) is 1. The van der Waals surface area contributed by atoms with Gasteiger partial charge in [0, 0.05) is 10.5 Å². The van der Waals surface area contributed by atoms with Crippen LogP contribution in [0.5, 0.6) is 0 Å². The summed E-state index contributed by atoms with van der Waals surface area (Å²) in [6, 6.07) is 2.94. The van der Waals surface area contributed by atoms with E-state index in [0.29, 0.717) is 13.1 Å². The first kappa shape index (κ1) is 10.2. The van der Waals surface area contributed by atoms with Crippen molar-refractivity contribution < 1.29 is 4.92 Å². The maximum Gasteiger partial charge on any atom is 0.283 e. The molecule has 6 heteroatoms. The first-order valence-electron chi connectivity index (χ1n) is 2.81. The molecule has 3 nitrogen and oxygen atoms in total. The molecule has 0 aromatic heterocycles. The Morgan fingerprint density at radius 3 is 2.67 bits per heavy atom. The van der Waals surface area contributed by atoms with E-state index in [-0.39, 0.29) is 5.69 Å². The van der Waals surface area contributed by atoms with E-state index in [2.05, 4.69) is 15.9 Å². The zero-order valence-corrected chi connectivity index (χ0v) is 10.1. The summed E-state index contributed by atoms with van der Waals surface area (Å²) in [5.41, 5.74) is 0.0619. The van der Waals surface area contributed by atoms with Crippen molar-refractivity contribution in [3.05, 3.63) is 35.3 Å². The van der Waals surface area contributed by atoms with Gasteiger partial charge in [-0.15, -0.1) is 0 Å². The molecular weight excluding hydrogens is 360 g/mol. The van der Waals surface area contributed by atoms with Crippen molar-refractivity contribution in [3.63, 3.8) is 0 Å². The van der Waals surface area contributed by atoms with Crippen molar-refractivity contribution in [2.75, 3.05) is 0 Å². The zero-order valence-electron chi connectivity index (χ0n) is 5.55. The van der Waals surface area contributed by atoms with Crippen LogP contribution < -0.4 is 0 Å². The summed E-state index contributed by atoms with van der Waals surface area (Å²) in [5, 5.41) is 10.9. The minimum atomic E-state index is -0.442. The molecule has 0 amide bonds. The summed E-state index contributed by atoms with van der Waals surface area (Å²) in [6.07, 6.45) is 0. The third-order valence-corrected chi connectivity index (χ3v) is 3.25.